The summed E-state index contributed by atoms with van der Waals surface area (Å²) in [5.74, 6) is 0.248. The zero-order chi connectivity index (χ0) is 20.1. The van der Waals surface area contributed by atoms with Crippen molar-refractivity contribution in [3.8, 4) is 6.07 Å². The molecule has 0 radical (unpaired) electrons. The van der Waals surface area contributed by atoms with Crippen LogP contribution in [-0.2, 0) is 0 Å². The third kappa shape index (κ3) is 4.97. The summed E-state index contributed by atoms with van der Waals surface area (Å²) in [4.78, 5) is 20.4. The minimum atomic E-state index is -0.755. The molecule has 0 aliphatic heterocycles. The molecule has 1 aromatic heterocycles. The van der Waals surface area contributed by atoms with E-state index in [0.29, 0.717) is 24.0 Å². The Morgan fingerprint density at radius 3 is 2.64 bits per heavy atom. The summed E-state index contributed by atoms with van der Waals surface area (Å²) in [6.45, 7) is 0.669. The molecular weight excluding hydrogens is 422 g/mol. The number of benzene rings is 1. The van der Waals surface area contributed by atoms with Crippen LogP contribution in [0.15, 0.2) is 28.7 Å². The number of nitrogens with one attached hydrogen (secondary N) is 2. The van der Waals surface area contributed by atoms with Gasteiger partial charge in [0.25, 0.3) is 5.91 Å². The van der Waals surface area contributed by atoms with Crippen LogP contribution in [0.25, 0.3) is 0 Å². The first-order valence-corrected chi connectivity index (χ1v) is 9.89. The smallest absolute Gasteiger partial charge is 0.271 e. The van der Waals surface area contributed by atoms with Gasteiger partial charge in [-0.3, -0.25) is 4.79 Å². The normalized spacial score (nSPS) is 18.9. The number of anilines is 3. The number of primary amides is 1. The van der Waals surface area contributed by atoms with Crippen LogP contribution >= 0.6 is 15.9 Å². The number of hydrogen-bond donors (Lipinski definition) is 4. The number of amides is 1. The number of carbonyl (C=O) groups is 1. The van der Waals surface area contributed by atoms with Crippen LogP contribution in [0.2, 0.25) is 0 Å². The zero-order valence-corrected chi connectivity index (χ0v) is 16.9. The summed E-state index contributed by atoms with van der Waals surface area (Å²) in [6.07, 6.45) is 4.07. The van der Waals surface area contributed by atoms with E-state index in [1.54, 1.807) is 0 Å². The summed E-state index contributed by atoms with van der Waals surface area (Å²) in [5.41, 5.74) is 12.1. The maximum absolute atomic E-state index is 11.8. The second kappa shape index (κ2) is 8.99. The van der Waals surface area contributed by atoms with Crippen LogP contribution in [-0.4, -0.2) is 28.5 Å². The monoisotopic (exact) mass is 443 g/mol. The largest absolute Gasteiger partial charge is 0.367 e. The number of hydrogen-bond acceptors (Lipinski definition) is 7. The fourth-order valence-corrected chi connectivity index (χ4v) is 3.63. The molecule has 3 rings (SSSR count). The highest BCUT2D eigenvalue weighted by atomic mass is 79.9. The summed E-state index contributed by atoms with van der Waals surface area (Å²) in [5, 5.41) is 15.7. The average molecular weight is 444 g/mol. The highest BCUT2D eigenvalue weighted by Crippen LogP contribution is 2.26. The highest BCUT2D eigenvalue weighted by Gasteiger charge is 2.21. The van der Waals surface area contributed by atoms with Gasteiger partial charge in [-0.15, -0.1) is 0 Å². The molecule has 0 spiro atoms. The van der Waals surface area contributed by atoms with Gasteiger partial charge in [0.1, 0.15) is 6.07 Å². The number of nitrogens with zero attached hydrogens (tertiary/aromatic N) is 3. The van der Waals surface area contributed by atoms with E-state index >= 15 is 0 Å². The number of rotatable bonds is 6. The van der Waals surface area contributed by atoms with Crippen LogP contribution < -0.4 is 22.1 Å². The van der Waals surface area contributed by atoms with Crippen LogP contribution in [0.4, 0.5) is 17.3 Å². The maximum Gasteiger partial charge on any atom is 0.271 e. The van der Waals surface area contributed by atoms with Crippen molar-refractivity contribution in [2.45, 2.75) is 31.7 Å². The van der Waals surface area contributed by atoms with Gasteiger partial charge in [0.05, 0.1) is 0 Å². The molecule has 1 amide bonds. The van der Waals surface area contributed by atoms with Crippen LogP contribution in [0.5, 0.6) is 0 Å². The molecule has 6 N–H and O–H groups in total. The van der Waals surface area contributed by atoms with E-state index in [1.165, 1.54) is 0 Å². The molecule has 2 aromatic rings. The Morgan fingerprint density at radius 2 is 2.00 bits per heavy atom. The Bertz CT molecular complexity index is 904. The lowest BCUT2D eigenvalue weighted by Crippen LogP contribution is -2.29. The van der Waals surface area contributed by atoms with Crippen molar-refractivity contribution in [2.24, 2.45) is 17.4 Å². The molecule has 146 valence electrons. The van der Waals surface area contributed by atoms with Crippen LogP contribution in [0.1, 0.15) is 41.9 Å². The van der Waals surface area contributed by atoms with E-state index in [9.17, 15) is 10.1 Å². The first kappa shape index (κ1) is 20.0. The van der Waals surface area contributed by atoms with E-state index in [2.05, 4.69) is 36.5 Å². The Balaban J connectivity index is 1.84. The fraction of sp³-hybridized carbons (Fsp3) is 0.368. The predicted molar refractivity (Wildman–Crippen MR) is 111 cm³/mol. The third-order valence-electron chi connectivity index (χ3n) is 4.77. The second-order valence-corrected chi connectivity index (χ2v) is 7.81. The van der Waals surface area contributed by atoms with Crippen molar-refractivity contribution in [3.63, 3.8) is 0 Å². The minimum absolute atomic E-state index is 0.0427. The van der Waals surface area contributed by atoms with Crippen molar-refractivity contribution in [3.05, 3.63) is 40.1 Å². The lowest BCUT2D eigenvalue weighted by molar-refractivity contribution is 0.0996. The molecule has 9 heteroatoms. The number of halogens is 1. The molecule has 1 aromatic carbocycles. The van der Waals surface area contributed by atoms with Crippen molar-refractivity contribution in [1.29, 1.82) is 5.26 Å². The zero-order valence-electron chi connectivity index (χ0n) is 15.3. The highest BCUT2D eigenvalue weighted by molar-refractivity contribution is 9.10. The fourth-order valence-electron chi connectivity index (χ4n) is 3.23. The first-order chi connectivity index (χ1) is 13.5. The quantitative estimate of drug-likeness (QED) is 0.537. The van der Waals surface area contributed by atoms with E-state index in [-0.39, 0.29) is 23.2 Å². The SMILES string of the molecule is N#Cc1nc(C(N)=O)c(Nc2cccc(Br)c2)nc1NCC1CCC(N)CC1. The van der Waals surface area contributed by atoms with Crippen molar-refractivity contribution in [2.75, 3.05) is 17.2 Å². The molecule has 0 bridgehead atoms. The predicted octanol–water partition coefficient (Wildman–Crippen LogP) is 2.88. The van der Waals surface area contributed by atoms with E-state index in [4.69, 9.17) is 11.5 Å². The first-order valence-electron chi connectivity index (χ1n) is 9.10. The van der Waals surface area contributed by atoms with Gasteiger partial charge in [0, 0.05) is 22.7 Å². The Kier molecular flexibility index (Phi) is 6.44. The van der Waals surface area contributed by atoms with Gasteiger partial charge in [-0.05, 0) is 49.8 Å². The Morgan fingerprint density at radius 1 is 1.25 bits per heavy atom. The van der Waals surface area contributed by atoms with Crippen LogP contribution in [0.3, 0.4) is 0 Å². The molecule has 0 atom stereocenters. The molecule has 1 aliphatic carbocycles. The molecule has 0 saturated heterocycles. The van der Waals surface area contributed by atoms with Crippen molar-refractivity contribution < 1.29 is 4.79 Å². The number of carbonyl (C=O) groups excluding carboxylic acids is 1. The molecule has 1 heterocycles. The van der Waals surface area contributed by atoms with Crippen molar-refractivity contribution in [1.82, 2.24) is 9.97 Å². The van der Waals surface area contributed by atoms with Crippen molar-refractivity contribution >= 4 is 39.2 Å². The van der Waals surface area contributed by atoms with Crippen LogP contribution in [0, 0.1) is 17.2 Å². The van der Waals surface area contributed by atoms with E-state index in [0.717, 1.165) is 30.2 Å². The van der Waals surface area contributed by atoms with E-state index in [1.807, 2.05) is 30.3 Å². The molecule has 1 saturated carbocycles. The van der Waals surface area contributed by atoms with E-state index < -0.39 is 5.91 Å². The number of aromatic nitrogens is 2. The van der Waals surface area contributed by atoms with Gasteiger partial charge in [-0.25, -0.2) is 9.97 Å². The molecule has 1 fully saturated rings. The average Bonchev–Trinajstić information content (AvgIpc) is 2.67. The Hall–Kier alpha value is -2.70. The molecule has 8 nitrogen and oxygen atoms in total. The van der Waals surface area contributed by atoms with Gasteiger partial charge >= 0.3 is 0 Å². The molecule has 1 aliphatic rings. The van der Waals surface area contributed by atoms with Gasteiger partial charge in [-0.2, -0.15) is 5.26 Å². The van der Waals surface area contributed by atoms with Gasteiger partial charge in [0.2, 0.25) is 0 Å². The number of nitriles is 1. The van der Waals surface area contributed by atoms with Gasteiger partial charge in [-0.1, -0.05) is 22.0 Å². The second-order valence-electron chi connectivity index (χ2n) is 6.89. The summed E-state index contributed by atoms with van der Waals surface area (Å²) in [6, 6.07) is 9.66. The maximum atomic E-state index is 11.8. The lowest BCUT2D eigenvalue weighted by atomic mass is 9.86. The molecular formula is C19H22BrN7O. The topological polar surface area (TPSA) is 143 Å². The number of nitrogens with two attached hydrogens (primary N) is 2. The lowest BCUT2D eigenvalue weighted by Gasteiger charge is -2.26. The standard InChI is InChI=1S/C19H22BrN7O/c20-12-2-1-3-14(8-12)25-19-16(17(23)28)26-15(9-21)18(27-19)24-10-11-4-6-13(22)7-5-11/h1-3,8,11,13H,4-7,10,22H2,(H2,23,28)(H2,24,25,27). The summed E-state index contributed by atoms with van der Waals surface area (Å²) in [7, 11) is 0. The molecule has 28 heavy (non-hydrogen) atoms. The van der Waals surface area contributed by atoms with Gasteiger partial charge < -0.3 is 22.1 Å². The summed E-state index contributed by atoms with van der Waals surface area (Å²) >= 11 is 3.40. The third-order valence-corrected chi connectivity index (χ3v) is 5.27. The van der Waals surface area contributed by atoms with Gasteiger partial charge in [0.15, 0.2) is 23.0 Å². The Labute approximate surface area is 171 Å². The molecule has 0 unspecified atom stereocenters. The minimum Gasteiger partial charge on any atom is -0.367 e. The summed E-state index contributed by atoms with van der Waals surface area (Å²) < 4.78 is 0.869.